The Hall–Kier alpha value is -2.28. The lowest BCUT2D eigenvalue weighted by Crippen LogP contribution is -2.32. The standard InChI is InChI=1S/C19H20Cl2N2O4/c1-2-23(10-13-3-5-14(20)6-4-13)11-18(24)22-15-7-8-17(16(21)9-15)27-12-19(25)26/h3-9H,2,10-12H2,1H3,(H,22,24)(H,25,26). The molecule has 0 aliphatic rings. The van der Waals surface area contributed by atoms with Crippen LogP contribution in [0.5, 0.6) is 5.75 Å². The van der Waals surface area contributed by atoms with Crippen molar-refractivity contribution in [1.82, 2.24) is 4.90 Å². The number of carboxylic acid groups (broad SMARTS) is 1. The fourth-order valence-corrected chi connectivity index (χ4v) is 2.73. The van der Waals surface area contributed by atoms with Gasteiger partial charge in [0.2, 0.25) is 5.91 Å². The second kappa shape index (κ2) is 10.2. The Kier molecular flexibility index (Phi) is 7.91. The monoisotopic (exact) mass is 410 g/mol. The van der Waals surface area contributed by atoms with Gasteiger partial charge >= 0.3 is 5.97 Å². The summed E-state index contributed by atoms with van der Waals surface area (Å²) in [7, 11) is 0. The van der Waals surface area contributed by atoms with E-state index in [0.717, 1.165) is 5.56 Å². The third-order valence-corrected chi connectivity index (χ3v) is 4.25. The van der Waals surface area contributed by atoms with Crippen molar-refractivity contribution in [2.45, 2.75) is 13.5 Å². The zero-order chi connectivity index (χ0) is 19.8. The van der Waals surface area contributed by atoms with Gasteiger partial charge in [-0.25, -0.2) is 4.79 Å². The highest BCUT2D eigenvalue weighted by molar-refractivity contribution is 6.32. The largest absolute Gasteiger partial charge is 0.480 e. The smallest absolute Gasteiger partial charge is 0.341 e. The van der Waals surface area contributed by atoms with Crippen LogP contribution in [0, 0.1) is 0 Å². The predicted molar refractivity (Wildman–Crippen MR) is 106 cm³/mol. The van der Waals surface area contributed by atoms with E-state index in [1.54, 1.807) is 6.07 Å². The van der Waals surface area contributed by atoms with Crippen LogP contribution in [0.3, 0.4) is 0 Å². The summed E-state index contributed by atoms with van der Waals surface area (Å²) in [5, 5.41) is 12.3. The summed E-state index contributed by atoms with van der Waals surface area (Å²) in [6, 6.07) is 12.1. The number of hydrogen-bond donors (Lipinski definition) is 2. The van der Waals surface area contributed by atoms with Gasteiger partial charge in [0, 0.05) is 17.3 Å². The SMILES string of the molecule is CCN(CC(=O)Nc1ccc(OCC(=O)O)c(Cl)c1)Cc1ccc(Cl)cc1. The number of carbonyl (C=O) groups excluding carboxylic acids is 1. The number of amides is 1. The molecule has 0 saturated carbocycles. The Morgan fingerprint density at radius 3 is 2.44 bits per heavy atom. The lowest BCUT2D eigenvalue weighted by atomic mass is 10.2. The van der Waals surface area contributed by atoms with E-state index in [2.05, 4.69) is 5.32 Å². The molecule has 0 spiro atoms. The minimum Gasteiger partial charge on any atom is -0.480 e. The molecule has 0 atom stereocenters. The van der Waals surface area contributed by atoms with Crippen LogP contribution in [0.1, 0.15) is 12.5 Å². The fourth-order valence-electron chi connectivity index (χ4n) is 2.37. The molecule has 144 valence electrons. The van der Waals surface area contributed by atoms with Gasteiger partial charge in [-0.1, -0.05) is 42.3 Å². The predicted octanol–water partition coefficient (Wildman–Crippen LogP) is 3.92. The Morgan fingerprint density at radius 1 is 1.15 bits per heavy atom. The van der Waals surface area contributed by atoms with Crippen LogP contribution in [0.25, 0.3) is 0 Å². The van der Waals surface area contributed by atoms with Gasteiger partial charge in [-0.05, 0) is 42.4 Å². The van der Waals surface area contributed by atoms with E-state index in [0.29, 0.717) is 23.8 Å². The number of benzene rings is 2. The average Bonchev–Trinajstić information content (AvgIpc) is 2.62. The van der Waals surface area contributed by atoms with Crippen molar-refractivity contribution in [3.05, 3.63) is 58.1 Å². The van der Waals surface area contributed by atoms with E-state index in [1.807, 2.05) is 36.1 Å². The number of hydrogen-bond acceptors (Lipinski definition) is 4. The fraction of sp³-hybridized carbons (Fsp3) is 0.263. The van der Waals surface area contributed by atoms with E-state index in [-0.39, 0.29) is 23.2 Å². The van der Waals surface area contributed by atoms with Crippen molar-refractivity contribution < 1.29 is 19.4 Å². The number of nitrogens with zero attached hydrogens (tertiary/aromatic N) is 1. The first kappa shape index (κ1) is 21.0. The Bertz CT molecular complexity index is 797. The molecule has 6 nitrogen and oxygen atoms in total. The highest BCUT2D eigenvalue weighted by Gasteiger charge is 2.12. The maximum Gasteiger partial charge on any atom is 0.341 e. The molecule has 0 aromatic heterocycles. The normalized spacial score (nSPS) is 10.7. The topological polar surface area (TPSA) is 78.9 Å². The van der Waals surface area contributed by atoms with Crippen LogP contribution in [0.15, 0.2) is 42.5 Å². The number of aliphatic carboxylic acids is 1. The van der Waals surface area contributed by atoms with Crippen molar-refractivity contribution in [1.29, 1.82) is 0 Å². The second-order valence-corrected chi connectivity index (χ2v) is 6.65. The van der Waals surface area contributed by atoms with E-state index < -0.39 is 12.6 Å². The third kappa shape index (κ3) is 7.09. The number of nitrogens with one attached hydrogen (secondary N) is 1. The average molecular weight is 411 g/mol. The minimum absolute atomic E-state index is 0.180. The molecule has 8 heteroatoms. The van der Waals surface area contributed by atoms with Crippen molar-refractivity contribution >= 4 is 40.8 Å². The van der Waals surface area contributed by atoms with Crippen LogP contribution in [-0.2, 0) is 16.1 Å². The summed E-state index contributed by atoms with van der Waals surface area (Å²) >= 11 is 11.9. The first-order valence-electron chi connectivity index (χ1n) is 8.28. The number of likely N-dealkylation sites (N-methyl/N-ethyl adjacent to an activating group) is 1. The van der Waals surface area contributed by atoms with Crippen molar-refractivity contribution in [3.8, 4) is 5.75 Å². The third-order valence-electron chi connectivity index (χ3n) is 3.70. The summed E-state index contributed by atoms with van der Waals surface area (Å²) in [6.07, 6.45) is 0. The molecule has 0 fully saturated rings. The molecule has 1 amide bonds. The summed E-state index contributed by atoms with van der Waals surface area (Å²) in [5.74, 6) is -1.03. The minimum atomic E-state index is -1.09. The van der Waals surface area contributed by atoms with Gasteiger partial charge in [0.05, 0.1) is 11.6 Å². The molecule has 2 rings (SSSR count). The van der Waals surface area contributed by atoms with E-state index in [9.17, 15) is 9.59 Å². The number of rotatable bonds is 9. The summed E-state index contributed by atoms with van der Waals surface area (Å²) in [6.45, 7) is 3.05. The molecule has 0 bridgehead atoms. The number of anilines is 1. The highest BCUT2D eigenvalue weighted by atomic mass is 35.5. The summed E-state index contributed by atoms with van der Waals surface area (Å²) in [5.41, 5.74) is 1.58. The van der Waals surface area contributed by atoms with Crippen LogP contribution in [-0.4, -0.2) is 41.6 Å². The zero-order valence-corrected chi connectivity index (χ0v) is 16.3. The molecular weight excluding hydrogens is 391 g/mol. The van der Waals surface area contributed by atoms with E-state index >= 15 is 0 Å². The molecule has 0 saturated heterocycles. The molecule has 0 radical (unpaired) electrons. The maximum atomic E-state index is 12.3. The first-order valence-corrected chi connectivity index (χ1v) is 9.03. The zero-order valence-electron chi connectivity index (χ0n) is 14.7. The van der Waals surface area contributed by atoms with Gasteiger partial charge in [0.25, 0.3) is 0 Å². The Labute approximate surface area is 167 Å². The van der Waals surface area contributed by atoms with Gasteiger partial charge in [-0.3, -0.25) is 9.69 Å². The van der Waals surface area contributed by atoms with E-state index in [4.69, 9.17) is 33.0 Å². The van der Waals surface area contributed by atoms with Gasteiger partial charge < -0.3 is 15.2 Å². The quantitative estimate of drug-likeness (QED) is 0.654. The lowest BCUT2D eigenvalue weighted by molar-refractivity contribution is -0.139. The number of ether oxygens (including phenoxy) is 1. The van der Waals surface area contributed by atoms with Gasteiger partial charge in [0.1, 0.15) is 5.75 Å². The molecule has 2 aromatic carbocycles. The van der Waals surface area contributed by atoms with Crippen molar-refractivity contribution in [3.63, 3.8) is 0 Å². The lowest BCUT2D eigenvalue weighted by Gasteiger charge is -2.20. The highest BCUT2D eigenvalue weighted by Crippen LogP contribution is 2.27. The van der Waals surface area contributed by atoms with Crippen LogP contribution < -0.4 is 10.1 Å². The van der Waals surface area contributed by atoms with Crippen LogP contribution >= 0.6 is 23.2 Å². The second-order valence-electron chi connectivity index (χ2n) is 5.81. The molecule has 2 aromatic rings. The molecular formula is C19H20Cl2N2O4. The van der Waals surface area contributed by atoms with Crippen molar-refractivity contribution in [2.24, 2.45) is 0 Å². The first-order chi connectivity index (χ1) is 12.9. The Morgan fingerprint density at radius 2 is 1.85 bits per heavy atom. The van der Waals surface area contributed by atoms with Crippen LogP contribution in [0.2, 0.25) is 10.0 Å². The van der Waals surface area contributed by atoms with Crippen LogP contribution in [0.4, 0.5) is 5.69 Å². The molecule has 0 aliphatic heterocycles. The molecule has 2 N–H and O–H groups in total. The van der Waals surface area contributed by atoms with Gasteiger partial charge in [-0.15, -0.1) is 0 Å². The number of carboxylic acids is 1. The molecule has 0 unspecified atom stereocenters. The molecule has 27 heavy (non-hydrogen) atoms. The Balaban J connectivity index is 1.92. The van der Waals surface area contributed by atoms with Gasteiger partial charge in [-0.2, -0.15) is 0 Å². The number of carbonyl (C=O) groups is 2. The molecule has 0 aliphatic carbocycles. The summed E-state index contributed by atoms with van der Waals surface area (Å²) < 4.78 is 5.05. The van der Waals surface area contributed by atoms with Gasteiger partial charge in [0.15, 0.2) is 6.61 Å². The number of halogens is 2. The maximum absolute atomic E-state index is 12.3. The molecule has 0 heterocycles. The summed E-state index contributed by atoms with van der Waals surface area (Å²) in [4.78, 5) is 24.8. The van der Waals surface area contributed by atoms with E-state index in [1.165, 1.54) is 12.1 Å². The van der Waals surface area contributed by atoms with Crippen molar-refractivity contribution in [2.75, 3.05) is 25.0 Å².